The fraction of sp³-hybridized carbons (Fsp3) is 0.188. The van der Waals surface area contributed by atoms with Gasteiger partial charge in [-0.15, -0.1) is 21.9 Å². The summed E-state index contributed by atoms with van der Waals surface area (Å²) in [4.78, 5) is 26.4. The highest BCUT2D eigenvalue weighted by Gasteiger charge is 2.38. The minimum absolute atomic E-state index is 0.0500. The highest BCUT2D eigenvalue weighted by atomic mass is 79.9. The summed E-state index contributed by atoms with van der Waals surface area (Å²) in [5, 5.41) is 14.4. The predicted octanol–water partition coefficient (Wildman–Crippen LogP) is 2.32. The van der Waals surface area contributed by atoms with Crippen LogP contribution in [0.1, 0.15) is 6.42 Å². The molecule has 1 aliphatic rings. The first-order valence-electron chi connectivity index (χ1n) is 7.65. The molecule has 1 unspecified atom stereocenters. The van der Waals surface area contributed by atoms with Crippen molar-refractivity contribution in [3.8, 4) is 0 Å². The van der Waals surface area contributed by atoms with Gasteiger partial charge in [-0.2, -0.15) is 0 Å². The van der Waals surface area contributed by atoms with E-state index in [1.54, 1.807) is 18.2 Å². The Hall–Kier alpha value is -2.46. The number of nitrogens with zero attached hydrogens (tertiary/aromatic N) is 5. The topological polar surface area (TPSA) is 92.5 Å². The Morgan fingerprint density at radius 2 is 2.04 bits per heavy atom. The first-order chi connectivity index (χ1) is 12.6. The molecule has 3 rings (SSSR count). The molecule has 0 bridgehead atoms. The Labute approximate surface area is 162 Å². The maximum absolute atomic E-state index is 12.6. The van der Waals surface area contributed by atoms with E-state index in [4.69, 9.17) is 0 Å². The Balaban J connectivity index is 1.69. The normalized spacial score (nSPS) is 18.3. The molecular weight excluding hydrogens is 420 g/mol. The Kier molecular flexibility index (Phi) is 5.84. The van der Waals surface area contributed by atoms with E-state index < -0.39 is 5.25 Å². The number of amidine groups is 1. The van der Waals surface area contributed by atoms with Gasteiger partial charge in [-0.25, -0.2) is 4.68 Å². The van der Waals surface area contributed by atoms with Crippen LogP contribution in [0.15, 0.2) is 59.1 Å². The van der Waals surface area contributed by atoms with Gasteiger partial charge in [0.25, 0.3) is 0 Å². The van der Waals surface area contributed by atoms with Gasteiger partial charge in [0.2, 0.25) is 11.8 Å². The van der Waals surface area contributed by atoms with Crippen LogP contribution in [-0.2, 0) is 9.59 Å². The number of nitrogens with one attached hydrogen (secondary N) is 1. The van der Waals surface area contributed by atoms with Gasteiger partial charge in [0.05, 0.1) is 0 Å². The maximum atomic E-state index is 12.6. The summed E-state index contributed by atoms with van der Waals surface area (Å²) >= 11 is 4.58. The van der Waals surface area contributed by atoms with Crippen LogP contribution in [0.3, 0.4) is 0 Å². The van der Waals surface area contributed by atoms with Crippen LogP contribution in [0.5, 0.6) is 0 Å². The van der Waals surface area contributed by atoms with Gasteiger partial charge in [-0.1, -0.05) is 33.8 Å². The number of carbonyl (C=O) groups excluding carboxylic acids is 2. The third kappa shape index (κ3) is 4.38. The van der Waals surface area contributed by atoms with E-state index in [0.29, 0.717) is 17.4 Å². The molecule has 0 spiro atoms. The summed E-state index contributed by atoms with van der Waals surface area (Å²) in [5.74, 6) is -0.407. The van der Waals surface area contributed by atoms with Gasteiger partial charge in [0, 0.05) is 23.1 Å². The third-order valence-electron chi connectivity index (χ3n) is 3.44. The number of amides is 2. The van der Waals surface area contributed by atoms with Crippen LogP contribution in [0, 0.1) is 0 Å². The molecule has 10 heteroatoms. The maximum Gasteiger partial charge on any atom is 0.243 e. The van der Waals surface area contributed by atoms with E-state index in [2.05, 4.69) is 43.1 Å². The van der Waals surface area contributed by atoms with Crippen molar-refractivity contribution in [2.45, 2.75) is 11.7 Å². The molecule has 1 saturated heterocycles. The zero-order chi connectivity index (χ0) is 18.5. The van der Waals surface area contributed by atoms with E-state index in [9.17, 15) is 9.59 Å². The first-order valence-corrected chi connectivity index (χ1v) is 9.32. The van der Waals surface area contributed by atoms with E-state index in [0.717, 1.165) is 4.47 Å². The second-order valence-corrected chi connectivity index (χ2v) is 7.41. The van der Waals surface area contributed by atoms with Gasteiger partial charge in [0.15, 0.2) is 5.17 Å². The highest BCUT2D eigenvalue weighted by molar-refractivity contribution is 9.10. The summed E-state index contributed by atoms with van der Waals surface area (Å²) in [6, 6.07) is 7.24. The molecule has 134 valence electrons. The lowest BCUT2D eigenvalue weighted by Crippen LogP contribution is -2.33. The average Bonchev–Trinajstić information content (AvgIpc) is 3.22. The SMILES string of the molecule is C=CCN1C(=O)C(CC(=O)Nc2ccc(Br)cc2)SC1=Nn1cnnc1. The zero-order valence-corrected chi connectivity index (χ0v) is 16.0. The fourth-order valence-electron chi connectivity index (χ4n) is 2.27. The van der Waals surface area contributed by atoms with Crippen molar-refractivity contribution < 1.29 is 9.59 Å². The number of thioether (sulfide) groups is 1. The summed E-state index contributed by atoms with van der Waals surface area (Å²) in [6.45, 7) is 3.98. The summed E-state index contributed by atoms with van der Waals surface area (Å²) < 4.78 is 2.34. The number of benzene rings is 1. The van der Waals surface area contributed by atoms with Crippen molar-refractivity contribution >= 4 is 50.4 Å². The smallest absolute Gasteiger partial charge is 0.243 e. The molecule has 0 radical (unpaired) electrons. The molecule has 1 aromatic heterocycles. The fourth-order valence-corrected chi connectivity index (χ4v) is 3.69. The molecule has 1 N–H and O–H groups in total. The van der Waals surface area contributed by atoms with Crippen LogP contribution in [-0.4, -0.2) is 48.6 Å². The Bertz CT molecular complexity index is 837. The van der Waals surface area contributed by atoms with Crippen LogP contribution in [0.2, 0.25) is 0 Å². The molecule has 2 amide bonds. The molecule has 1 aliphatic heterocycles. The number of rotatable bonds is 6. The van der Waals surface area contributed by atoms with Crippen molar-refractivity contribution in [1.29, 1.82) is 0 Å². The zero-order valence-electron chi connectivity index (χ0n) is 13.6. The van der Waals surface area contributed by atoms with E-state index >= 15 is 0 Å². The van der Waals surface area contributed by atoms with Gasteiger partial charge in [-0.05, 0) is 24.3 Å². The van der Waals surface area contributed by atoms with E-state index in [1.807, 2.05) is 12.1 Å². The summed E-state index contributed by atoms with van der Waals surface area (Å²) in [6.07, 6.45) is 4.52. The molecule has 2 aromatic rings. The molecule has 2 heterocycles. The van der Waals surface area contributed by atoms with Crippen molar-refractivity contribution in [3.05, 3.63) is 54.0 Å². The average molecular weight is 435 g/mol. The quantitative estimate of drug-likeness (QED) is 0.704. The molecule has 0 saturated carbocycles. The van der Waals surface area contributed by atoms with Crippen molar-refractivity contribution in [2.75, 3.05) is 11.9 Å². The second kappa shape index (κ2) is 8.28. The van der Waals surface area contributed by atoms with Gasteiger partial charge >= 0.3 is 0 Å². The number of halogens is 1. The molecule has 0 aliphatic carbocycles. The van der Waals surface area contributed by atoms with Crippen molar-refractivity contribution in [1.82, 2.24) is 19.8 Å². The van der Waals surface area contributed by atoms with E-state index in [1.165, 1.54) is 34.0 Å². The molecule has 1 fully saturated rings. The lowest BCUT2D eigenvalue weighted by Gasteiger charge is -2.13. The van der Waals surface area contributed by atoms with Crippen LogP contribution >= 0.6 is 27.7 Å². The lowest BCUT2D eigenvalue weighted by molar-refractivity contribution is -0.127. The van der Waals surface area contributed by atoms with Gasteiger partial charge in [-0.3, -0.25) is 14.5 Å². The molecule has 1 atom stereocenters. The number of aromatic nitrogens is 3. The molecular formula is C16H15BrN6O2S. The Morgan fingerprint density at radius 3 is 2.69 bits per heavy atom. The van der Waals surface area contributed by atoms with Gasteiger partial charge in [0.1, 0.15) is 17.9 Å². The van der Waals surface area contributed by atoms with Crippen molar-refractivity contribution in [3.63, 3.8) is 0 Å². The highest BCUT2D eigenvalue weighted by Crippen LogP contribution is 2.30. The van der Waals surface area contributed by atoms with Crippen LogP contribution in [0.25, 0.3) is 0 Å². The second-order valence-electron chi connectivity index (χ2n) is 5.33. The minimum Gasteiger partial charge on any atom is -0.326 e. The monoisotopic (exact) mass is 434 g/mol. The summed E-state index contributed by atoms with van der Waals surface area (Å²) in [5.41, 5.74) is 0.676. The number of carbonyl (C=O) groups is 2. The van der Waals surface area contributed by atoms with Gasteiger partial charge < -0.3 is 5.32 Å². The lowest BCUT2D eigenvalue weighted by atomic mass is 10.2. The number of hydrogen-bond acceptors (Lipinski definition) is 6. The predicted molar refractivity (Wildman–Crippen MR) is 104 cm³/mol. The van der Waals surface area contributed by atoms with Crippen LogP contribution in [0.4, 0.5) is 5.69 Å². The standard InChI is InChI=1S/C16H15BrN6O2S/c1-2-7-23-15(25)13(26-16(23)21-22-9-18-19-10-22)8-14(24)20-12-5-3-11(17)4-6-12/h2-6,9-10,13H,1,7-8H2,(H,20,24). The summed E-state index contributed by atoms with van der Waals surface area (Å²) in [7, 11) is 0. The third-order valence-corrected chi connectivity index (χ3v) is 5.13. The molecule has 1 aromatic carbocycles. The van der Waals surface area contributed by atoms with Crippen LogP contribution < -0.4 is 5.32 Å². The van der Waals surface area contributed by atoms with Crippen molar-refractivity contribution in [2.24, 2.45) is 5.10 Å². The molecule has 8 nitrogen and oxygen atoms in total. The largest absolute Gasteiger partial charge is 0.326 e. The number of anilines is 1. The molecule has 26 heavy (non-hydrogen) atoms. The Morgan fingerprint density at radius 1 is 1.35 bits per heavy atom. The minimum atomic E-state index is -0.541. The van der Waals surface area contributed by atoms with E-state index in [-0.39, 0.29) is 18.2 Å². The first kappa shape index (κ1) is 18.3. The number of hydrogen-bond donors (Lipinski definition) is 1.